The van der Waals surface area contributed by atoms with E-state index < -0.39 is 5.41 Å². The number of fused-ring (bicyclic) bond motifs is 1. The first-order chi connectivity index (χ1) is 12.1. The van der Waals surface area contributed by atoms with Gasteiger partial charge in [0.25, 0.3) is 0 Å². The first-order valence-electron chi connectivity index (χ1n) is 9.45. The van der Waals surface area contributed by atoms with E-state index in [-0.39, 0.29) is 30.1 Å². The molecule has 2 aliphatic rings. The van der Waals surface area contributed by atoms with Gasteiger partial charge in [0.05, 0.1) is 11.3 Å². The van der Waals surface area contributed by atoms with Crippen molar-refractivity contribution in [3.63, 3.8) is 0 Å². The molecule has 1 unspecified atom stereocenters. The van der Waals surface area contributed by atoms with Crippen LogP contribution >= 0.6 is 12.4 Å². The fourth-order valence-corrected chi connectivity index (χ4v) is 4.40. The topological polar surface area (TPSA) is 75.4 Å². The van der Waals surface area contributed by atoms with Gasteiger partial charge in [0.2, 0.25) is 11.8 Å². The minimum atomic E-state index is -0.426. The summed E-state index contributed by atoms with van der Waals surface area (Å²) in [5, 5.41) is 2.99. The minimum Gasteiger partial charge on any atom is -0.342 e. The molecule has 2 heterocycles. The van der Waals surface area contributed by atoms with Crippen LogP contribution in [-0.4, -0.2) is 36.3 Å². The van der Waals surface area contributed by atoms with Crippen LogP contribution in [0.2, 0.25) is 0 Å². The van der Waals surface area contributed by atoms with Crippen molar-refractivity contribution in [2.24, 2.45) is 17.1 Å². The maximum absolute atomic E-state index is 13.0. The SMILES string of the molecule is CCC(CC)(CN)C(=O)N1CCC(C2C(=O)Nc3ccccc32)CC1.Cl. The van der Waals surface area contributed by atoms with Crippen LogP contribution in [-0.2, 0) is 9.59 Å². The average molecular weight is 380 g/mol. The smallest absolute Gasteiger partial charge is 0.232 e. The zero-order valence-corrected chi connectivity index (χ0v) is 16.5. The zero-order chi connectivity index (χ0) is 18.0. The lowest BCUT2D eigenvalue weighted by Crippen LogP contribution is -2.50. The highest BCUT2D eigenvalue weighted by Gasteiger charge is 2.41. The molecule has 0 saturated carbocycles. The number of rotatable bonds is 5. The Balaban J connectivity index is 0.00000243. The van der Waals surface area contributed by atoms with Crippen molar-refractivity contribution >= 4 is 29.9 Å². The van der Waals surface area contributed by atoms with Gasteiger partial charge in [-0.1, -0.05) is 32.0 Å². The molecule has 2 aliphatic heterocycles. The number of benzene rings is 1. The molecule has 144 valence electrons. The molecule has 1 atom stereocenters. The van der Waals surface area contributed by atoms with Gasteiger partial charge >= 0.3 is 0 Å². The number of para-hydroxylation sites is 1. The number of carbonyl (C=O) groups is 2. The predicted octanol–water partition coefficient (Wildman–Crippen LogP) is 3.15. The molecule has 1 saturated heterocycles. The van der Waals surface area contributed by atoms with Crippen molar-refractivity contribution in [3.8, 4) is 0 Å². The summed E-state index contributed by atoms with van der Waals surface area (Å²) >= 11 is 0. The van der Waals surface area contributed by atoms with Crippen molar-refractivity contribution in [3.05, 3.63) is 29.8 Å². The lowest BCUT2D eigenvalue weighted by atomic mass is 9.78. The van der Waals surface area contributed by atoms with Crippen LogP contribution in [0.1, 0.15) is 51.0 Å². The maximum atomic E-state index is 13.0. The second-order valence-corrected chi connectivity index (χ2v) is 7.38. The Morgan fingerprint density at radius 2 is 1.85 bits per heavy atom. The Morgan fingerprint density at radius 1 is 1.23 bits per heavy atom. The number of amides is 2. The standard InChI is InChI=1S/C20H29N3O2.ClH/c1-3-20(4-2,13-21)19(25)23-11-9-14(10-12-23)17-15-7-5-6-8-16(15)22-18(17)24;/h5-8,14,17H,3-4,9-13,21H2,1-2H3,(H,22,24);1H. The number of halogens is 1. The third-order valence-corrected chi connectivity index (χ3v) is 6.33. The minimum absolute atomic E-state index is 0. The lowest BCUT2D eigenvalue weighted by Gasteiger charge is -2.40. The highest BCUT2D eigenvalue weighted by atomic mass is 35.5. The zero-order valence-electron chi connectivity index (χ0n) is 15.7. The van der Waals surface area contributed by atoms with Crippen LogP contribution in [0.3, 0.4) is 0 Å². The fraction of sp³-hybridized carbons (Fsp3) is 0.600. The van der Waals surface area contributed by atoms with E-state index in [9.17, 15) is 9.59 Å². The molecule has 0 aromatic heterocycles. The number of piperidine rings is 1. The number of nitrogens with one attached hydrogen (secondary N) is 1. The summed E-state index contributed by atoms with van der Waals surface area (Å²) in [6.07, 6.45) is 3.28. The average Bonchev–Trinajstić information content (AvgIpc) is 2.99. The van der Waals surface area contributed by atoms with E-state index in [4.69, 9.17) is 5.73 Å². The van der Waals surface area contributed by atoms with Gasteiger partial charge in [0.15, 0.2) is 0 Å². The van der Waals surface area contributed by atoms with E-state index in [1.807, 2.05) is 43.0 Å². The van der Waals surface area contributed by atoms with Gasteiger partial charge in [-0.15, -0.1) is 12.4 Å². The summed E-state index contributed by atoms with van der Waals surface area (Å²) in [6, 6.07) is 7.95. The second-order valence-electron chi connectivity index (χ2n) is 7.38. The van der Waals surface area contributed by atoms with E-state index in [1.54, 1.807) is 0 Å². The van der Waals surface area contributed by atoms with Gasteiger partial charge in [-0.2, -0.15) is 0 Å². The number of anilines is 1. The molecule has 6 heteroatoms. The van der Waals surface area contributed by atoms with Crippen LogP contribution in [0.5, 0.6) is 0 Å². The molecular weight excluding hydrogens is 350 g/mol. The van der Waals surface area contributed by atoms with Crippen LogP contribution in [0, 0.1) is 11.3 Å². The molecule has 0 aliphatic carbocycles. The predicted molar refractivity (Wildman–Crippen MR) is 106 cm³/mol. The lowest BCUT2D eigenvalue weighted by molar-refractivity contribution is -0.143. The summed E-state index contributed by atoms with van der Waals surface area (Å²) in [5.74, 6) is 0.507. The van der Waals surface area contributed by atoms with Crippen molar-refractivity contribution in [2.45, 2.75) is 45.4 Å². The number of likely N-dealkylation sites (tertiary alicyclic amines) is 1. The van der Waals surface area contributed by atoms with E-state index in [2.05, 4.69) is 5.32 Å². The molecule has 3 rings (SSSR count). The molecular formula is C20H30ClN3O2. The van der Waals surface area contributed by atoms with Crippen molar-refractivity contribution in [1.29, 1.82) is 0 Å². The Bertz CT molecular complexity index is 644. The summed E-state index contributed by atoms with van der Waals surface area (Å²) in [7, 11) is 0. The Labute approximate surface area is 162 Å². The first kappa shape index (κ1) is 20.7. The van der Waals surface area contributed by atoms with Crippen molar-refractivity contribution in [2.75, 3.05) is 25.0 Å². The molecule has 1 aromatic rings. The van der Waals surface area contributed by atoms with Crippen LogP contribution in [0.25, 0.3) is 0 Å². The quantitative estimate of drug-likeness (QED) is 0.825. The molecule has 1 aromatic carbocycles. The van der Waals surface area contributed by atoms with Gasteiger partial charge in [-0.3, -0.25) is 9.59 Å². The van der Waals surface area contributed by atoms with Gasteiger partial charge in [-0.25, -0.2) is 0 Å². The normalized spacial score (nSPS) is 20.3. The number of hydrogen-bond donors (Lipinski definition) is 2. The molecule has 26 heavy (non-hydrogen) atoms. The number of carbonyl (C=O) groups excluding carboxylic acids is 2. The molecule has 0 bridgehead atoms. The second kappa shape index (κ2) is 8.40. The van der Waals surface area contributed by atoms with Crippen LogP contribution in [0.15, 0.2) is 24.3 Å². The summed E-state index contributed by atoms with van der Waals surface area (Å²) in [4.78, 5) is 27.4. The van der Waals surface area contributed by atoms with Gasteiger partial charge in [0, 0.05) is 25.3 Å². The number of nitrogens with zero attached hydrogens (tertiary/aromatic N) is 1. The van der Waals surface area contributed by atoms with Gasteiger partial charge in [-0.05, 0) is 43.2 Å². The monoisotopic (exact) mass is 379 g/mol. The fourth-order valence-electron chi connectivity index (χ4n) is 4.40. The van der Waals surface area contributed by atoms with E-state index in [0.29, 0.717) is 12.5 Å². The molecule has 2 amide bonds. The molecule has 5 nitrogen and oxygen atoms in total. The molecule has 0 spiro atoms. The van der Waals surface area contributed by atoms with Crippen molar-refractivity contribution < 1.29 is 9.59 Å². The summed E-state index contributed by atoms with van der Waals surface area (Å²) < 4.78 is 0. The Hall–Kier alpha value is -1.59. The summed E-state index contributed by atoms with van der Waals surface area (Å²) in [5.41, 5.74) is 7.55. The number of nitrogens with two attached hydrogens (primary N) is 1. The van der Waals surface area contributed by atoms with E-state index in [1.165, 1.54) is 0 Å². The van der Waals surface area contributed by atoms with E-state index in [0.717, 1.165) is 50.0 Å². The largest absolute Gasteiger partial charge is 0.342 e. The van der Waals surface area contributed by atoms with Gasteiger partial charge in [0.1, 0.15) is 0 Å². The maximum Gasteiger partial charge on any atom is 0.232 e. The summed E-state index contributed by atoms with van der Waals surface area (Å²) in [6.45, 7) is 5.92. The number of hydrogen-bond acceptors (Lipinski definition) is 3. The third-order valence-electron chi connectivity index (χ3n) is 6.33. The Morgan fingerprint density at radius 3 is 2.42 bits per heavy atom. The molecule has 1 fully saturated rings. The third kappa shape index (κ3) is 3.47. The van der Waals surface area contributed by atoms with E-state index >= 15 is 0 Å². The highest BCUT2D eigenvalue weighted by molar-refractivity contribution is 6.03. The van der Waals surface area contributed by atoms with Crippen LogP contribution < -0.4 is 11.1 Å². The van der Waals surface area contributed by atoms with Gasteiger partial charge < -0.3 is 16.0 Å². The highest BCUT2D eigenvalue weighted by Crippen LogP contribution is 2.41. The Kier molecular flexibility index (Phi) is 6.69. The van der Waals surface area contributed by atoms with Crippen LogP contribution in [0.4, 0.5) is 5.69 Å². The van der Waals surface area contributed by atoms with Crippen molar-refractivity contribution in [1.82, 2.24) is 4.90 Å². The molecule has 3 N–H and O–H groups in total. The molecule has 0 radical (unpaired) electrons. The first-order valence-corrected chi connectivity index (χ1v) is 9.45.